The van der Waals surface area contributed by atoms with Gasteiger partial charge < -0.3 is 14.9 Å². The van der Waals surface area contributed by atoms with Crippen LogP contribution in [0.2, 0.25) is 0 Å². The van der Waals surface area contributed by atoms with E-state index in [-0.39, 0.29) is 11.5 Å². The van der Waals surface area contributed by atoms with Gasteiger partial charge in [-0.1, -0.05) is 0 Å². The molecule has 5 nitrogen and oxygen atoms in total. The first-order chi connectivity index (χ1) is 12.4. The maximum atomic E-state index is 10.8. The molecule has 0 aliphatic carbocycles. The molecule has 0 bridgehead atoms. The predicted molar refractivity (Wildman–Crippen MR) is 107 cm³/mol. The lowest BCUT2D eigenvalue weighted by molar-refractivity contribution is -0.120. The van der Waals surface area contributed by atoms with Crippen LogP contribution in [-0.2, 0) is 9.59 Å². The monoisotopic (exact) mass is 452 g/mol. The largest absolute Gasteiger partial charge is 0.508 e. The van der Waals surface area contributed by atoms with Crippen molar-refractivity contribution >= 4 is 56.9 Å². The lowest BCUT2D eigenvalue weighted by Gasteiger charge is -2.30. The van der Waals surface area contributed by atoms with Crippen LogP contribution >= 0.6 is 46.4 Å². The van der Waals surface area contributed by atoms with Gasteiger partial charge in [-0.05, 0) is 85.6 Å². The molecule has 0 heterocycles. The average Bonchev–Trinajstić information content (AvgIpc) is 2.59. The van der Waals surface area contributed by atoms with Crippen molar-refractivity contribution in [1.29, 1.82) is 0 Å². The van der Waals surface area contributed by atoms with Crippen LogP contribution in [-0.4, -0.2) is 30.4 Å². The van der Waals surface area contributed by atoms with Gasteiger partial charge in [0.1, 0.15) is 32.7 Å². The molecule has 0 spiro atoms. The molecule has 2 rings (SSSR count). The smallest absolute Gasteiger partial charge is 0.244 e. The van der Waals surface area contributed by atoms with E-state index < -0.39 is 20.2 Å². The highest BCUT2D eigenvalue weighted by Crippen LogP contribution is 2.38. The zero-order chi connectivity index (χ0) is 20.8. The number of phenolic OH excluding ortho intramolecular Hbond substituents is 2. The summed E-state index contributed by atoms with van der Waals surface area (Å²) < 4.78 is 5.47. The maximum Gasteiger partial charge on any atom is 0.244 e. The Labute approximate surface area is 176 Å². The molecule has 146 valence electrons. The molecule has 2 atom stereocenters. The van der Waals surface area contributed by atoms with Gasteiger partial charge in [-0.15, -0.1) is 23.2 Å². The zero-order valence-corrected chi connectivity index (χ0v) is 17.3. The van der Waals surface area contributed by atoms with Crippen LogP contribution in [0.5, 0.6) is 23.0 Å². The Morgan fingerprint density at radius 1 is 0.741 bits per heavy atom. The van der Waals surface area contributed by atoms with E-state index in [0.717, 1.165) is 0 Å². The quantitative estimate of drug-likeness (QED) is 0.467. The van der Waals surface area contributed by atoms with Gasteiger partial charge in [0.2, 0.25) is 10.5 Å². The molecule has 2 aromatic rings. The highest BCUT2D eigenvalue weighted by atomic mass is 35.5. The number of halogens is 4. The number of aromatic hydroxyl groups is 2. The summed E-state index contributed by atoms with van der Waals surface area (Å²) in [4.78, 5) is 18.1. The minimum Gasteiger partial charge on any atom is -0.508 e. The lowest BCUT2D eigenvalue weighted by Crippen LogP contribution is -2.49. The van der Waals surface area contributed by atoms with Crippen LogP contribution in [0.4, 0.5) is 0 Å². The first-order valence-corrected chi connectivity index (χ1v) is 8.92. The summed E-state index contributed by atoms with van der Waals surface area (Å²) in [5, 5.41) is 16.3. The summed E-state index contributed by atoms with van der Waals surface area (Å²) >= 11 is 21.5. The molecule has 2 aromatic carbocycles. The summed E-state index contributed by atoms with van der Waals surface area (Å²) in [5.41, 5.74) is 0. The SMILES string of the molecule is CC(Cl)(C(=O)Cl)C(C)(Cl)C(=O)Cl.Oc1ccc(Oc2ccc(O)cc2)cc1. The van der Waals surface area contributed by atoms with Crippen LogP contribution in [0.15, 0.2) is 48.5 Å². The Bertz CT molecular complexity index is 719. The zero-order valence-electron chi connectivity index (χ0n) is 14.2. The molecule has 9 heteroatoms. The molecule has 0 saturated heterocycles. The Morgan fingerprint density at radius 3 is 1.22 bits per heavy atom. The van der Waals surface area contributed by atoms with Gasteiger partial charge in [-0.2, -0.15) is 0 Å². The highest BCUT2D eigenvalue weighted by molar-refractivity contribution is 6.77. The van der Waals surface area contributed by atoms with Crippen LogP contribution in [0, 0.1) is 0 Å². The Kier molecular flexibility index (Phi) is 8.23. The van der Waals surface area contributed by atoms with Crippen LogP contribution in [0.3, 0.4) is 0 Å². The van der Waals surface area contributed by atoms with Crippen molar-refractivity contribution < 1.29 is 24.5 Å². The van der Waals surface area contributed by atoms with Crippen LogP contribution in [0.25, 0.3) is 0 Å². The van der Waals surface area contributed by atoms with E-state index in [0.29, 0.717) is 11.5 Å². The van der Waals surface area contributed by atoms with Gasteiger partial charge >= 0.3 is 0 Å². The first-order valence-electron chi connectivity index (χ1n) is 7.41. The van der Waals surface area contributed by atoms with Crippen molar-refractivity contribution in [2.75, 3.05) is 0 Å². The summed E-state index contributed by atoms with van der Waals surface area (Å²) in [6.45, 7) is 2.47. The van der Waals surface area contributed by atoms with E-state index in [9.17, 15) is 9.59 Å². The van der Waals surface area contributed by atoms with Gasteiger partial charge in [0, 0.05) is 0 Å². The van der Waals surface area contributed by atoms with Crippen molar-refractivity contribution in [2.24, 2.45) is 0 Å². The number of benzene rings is 2. The third-order valence-corrected chi connectivity index (χ3v) is 5.67. The first kappa shape index (κ1) is 23.4. The molecule has 0 saturated carbocycles. The standard InChI is InChI=1S/C12H10O3.C6H6Cl4O2/c13-9-1-5-11(6-2-9)15-12-7-3-10(14)4-8-12;1-5(9,3(7)11)6(2,10)4(8)12/h1-8,13-14H;1-2H3. The van der Waals surface area contributed by atoms with Gasteiger partial charge in [-0.25, -0.2) is 0 Å². The van der Waals surface area contributed by atoms with Crippen molar-refractivity contribution in [1.82, 2.24) is 0 Å². The third kappa shape index (κ3) is 6.47. The topological polar surface area (TPSA) is 83.8 Å². The second-order valence-corrected chi connectivity index (χ2v) is 7.84. The minimum absolute atomic E-state index is 0.202. The number of ether oxygens (including phenoxy) is 1. The number of carbonyl (C=O) groups excluding carboxylic acids is 2. The number of hydrogen-bond acceptors (Lipinski definition) is 5. The summed E-state index contributed by atoms with van der Waals surface area (Å²) in [6.07, 6.45) is 0. The summed E-state index contributed by atoms with van der Waals surface area (Å²) in [7, 11) is 0. The summed E-state index contributed by atoms with van der Waals surface area (Å²) in [5.74, 6) is 1.68. The average molecular weight is 454 g/mol. The van der Waals surface area contributed by atoms with Gasteiger partial charge in [0.25, 0.3) is 0 Å². The second-order valence-electron chi connectivity index (χ2n) is 5.64. The molecule has 2 N–H and O–H groups in total. The van der Waals surface area contributed by atoms with Crippen LogP contribution in [0.1, 0.15) is 13.8 Å². The van der Waals surface area contributed by atoms with Gasteiger partial charge in [-0.3, -0.25) is 9.59 Å². The minimum atomic E-state index is -1.70. The third-order valence-electron chi connectivity index (χ3n) is 3.53. The van der Waals surface area contributed by atoms with Gasteiger partial charge in [0.15, 0.2) is 0 Å². The predicted octanol–water partition coefficient (Wildman–Crippen LogP) is 5.40. The highest BCUT2D eigenvalue weighted by Gasteiger charge is 2.51. The molecular weight excluding hydrogens is 438 g/mol. The second kappa shape index (κ2) is 9.51. The fraction of sp³-hybridized carbons (Fsp3) is 0.222. The number of hydrogen-bond donors (Lipinski definition) is 2. The number of rotatable bonds is 5. The van der Waals surface area contributed by atoms with E-state index in [1.54, 1.807) is 48.5 Å². The van der Waals surface area contributed by atoms with E-state index in [1.807, 2.05) is 0 Å². The normalized spacial score (nSPS) is 14.7. The molecule has 27 heavy (non-hydrogen) atoms. The lowest BCUT2D eigenvalue weighted by atomic mass is 9.96. The van der Waals surface area contributed by atoms with E-state index in [2.05, 4.69) is 0 Å². The Balaban J connectivity index is 0.000000279. The molecular formula is C18H16Cl4O5. The van der Waals surface area contributed by atoms with E-state index in [4.69, 9.17) is 61.4 Å². The fourth-order valence-electron chi connectivity index (χ4n) is 1.53. The number of carbonyl (C=O) groups is 2. The molecule has 0 amide bonds. The van der Waals surface area contributed by atoms with Crippen LogP contribution < -0.4 is 4.74 Å². The van der Waals surface area contributed by atoms with Crippen molar-refractivity contribution in [2.45, 2.75) is 23.6 Å². The van der Waals surface area contributed by atoms with Crippen molar-refractivity contribution in [3.8, 4) is 23.0 Å². The Hall–Kier alpha value is -1.66. The molecule has 0 aromatic heterocycles. The molecule has 0 aliphatic heterocycles. The van der Waals surface area contributed by atoms with E-state index in [1.165, 1.54) is 13.8 Å². The maximum absolute atomic E-state index is 10.8. The Morgan fingerprint density at radius 2 is 1.00 bits per heavy atom. The van der Waals surface area contributed by atoms with Gasteiger partial charge in [0.05, 0.1) is 0 Å². The number of alkyl halides is 2. The van der Waals surface area contributed by atoms with E-state index >= 15 is 0 Å². The molecule has 0 aliphatic rings. The van der Waals surface area contributed by atoms with Crippen molar-refractivity contribution in [3.63, 3.8) is 0 Å². The van der Waals surface area contributed by atoms with Crippen molar-refractivity contribution in [3.05, 3.63) is 48.5 Å². The molecule has 0 radical (unpaired) electrons. The number of phenols is 2. The fourth-order valence-corrected chi connectivity index (χ4v) is 2.18. The summed E-state index contributed by atoms with van der Waals surface area (Å²) in [6, 6.07) is 12.9. The molecule has 2 unspecified atom stereocenters. The molecule has 0 fully saturated rings.